The van der Waals surface area contributed by atoms with E-state index in [1.54, 1.807) is 20.7 Å². The molecule has 5 rings (SSSR count). The number of nitrogens with one attached hydrogen (secondary N) is 1. The van der Waals surface area contributed by atoms with Crippen LogP contribution in [-0.4, -0.2) is 69.3 Å². The molecule has 3 aromatic rings. The van der Waals surface area contributed by atoms with Crippen molar-refractivity contribution in [2.75, 3.05) is 36.4 Å². The lowest BCUT2D eigenvalue weighted by molar-refractivity contribution is -0.132. The first-order valence-electron chi connectivity index (χ1n) is 14.0. The van der Waals surface area contributed by atoms with Crippen LogP contribution in [0.4, 0.5) is 22.0 Å². The van der Waals surface area contributed by atoms with Gasteiger partial charge in [0.2, 0.25) is 5.91 Å². The van der Waals surface area contributed by atoms with E-state index in [0.29, 0.717) is 51.1 Å². The molecule has 41 heavy (non-hydrogen) atoms. The summed E-state index contributed by atoms with van der Waals surface area (Å²) in [5.41, 5.74) is 4.67. The predicted molar refractivity (Wildman–Crippen MR) is 157 cm³/mol. The van der Waals surface area contributed by atoms with Gasteiger partial charge in [-0.15, -0.1) is 0 Å². The summed E-state index contributed by atoms with van der Waals surface area (Å²) in [5.74, 6) is 0.842. The molecular weight excluding hydrogens is 520 g/mol. The van der Waals surface area contributed by atoms with Crippen molar-refractivity contribution in [2.45, 2.75) is 52.7 Å². The third-order valence-corrected chi connectivity index (χ3v) is 7.52. The highest BCUT2D eigenvalue weighted by Crippen LogP contribution is 2.36. The van der Waals surface area contributed by atoms with E-state index in [4.69, 9.17) is 4.74 Å². The number of aryl methyl sites for hydroxylation is 3. The van der Waals surface area contributed by atoms with Gasteiger partial charge in [0, 0.05) is 50.8 Å². The van der Waals surface area contributed by atoms with Gasteiger partial charge < -0.3 is 24.8 Å². The quantitative estimate of drug-likeness (QED) is 0.501. The first-order chi connectivity index (χ1) is 19.5. The summed E-state index contributed by atoms with van der Waals surface area (Å²) in [6, 6.07) is 13.5. The van der Waals surface area contributed by atoms with Crippen LogP contribution in [0.2, 0.25) is 0 Å². The molecule has 216 valence electrons. The van der Waals surface area contributed by atoms with Gasteiger partial charge >= 0.3 is 6.09 Å². The fraction of sp³-hybridized carbons (Fsp3) is 0.419. The molecule has 1 saturated heterocycles. The van der Waals surface area contributed by atoms with E-state index in [2.05, 4.69) is 10.4 Å². The monoisotopic (exact) mass is 558 g/mol. The van der Waals surface area contributed by atoms with Crippen molar-refractivity contribution in [1.29, 1.82) is 0 Å². The van der Waals surface area contributed by atoms with E-state index in [-0.39, 0.29) is 17.9 Å². The maximum Gasteiger partial charge on any atom is 0.410 e. The molecule has 3 heterocycles. The number of anilines is 3. The number of hydrogen-bond acceptors (Lipinski definition) is 6. The summed E-state index contributed by atoms with van der Waals surface area (Å²) in [4.78, 5) is 44.3. The van der Waals surface area contributed by atoms with Crippen LogP contribution in [0.3, 0.4) is 0 Å². The third-order valence-electron chi connectivity index (χ3n) is 7.52. The summed E-state index contributed by atoms with van der Waals surface area (Å²) in [6.07, 6.45) is 2.41. The Hall–Kier alpha value is -4.34. The van der Waals surface area contributed by atoms with Crippen LogP contribution in [-0.2, 0) is 29.5 Å². The smallest absolute Gasteiger partial charge is 0.410 e. The molecule has 2 aliphatic heterocycles. The molecule has 0 bridgehead atoms. The van der Waals surface area contributed by atoms with Gasteiger partial charge in [-0.25, -0.2) is 4.79 Å². The van der Waals surface area contributed by atoms with Crippen molar-refractivity contribution in [1.82, 2.24) is 19.6 Å². The molecule has 10 nitrogen and oxygen atoms in total. The molecule has 0 spiro atoms. The molecule has 10 heteroatoms. The highest BCUT2D eigenvalue weighted by molar-refractivity contribution is 6.08. The van der Waals surface area contributed by atoms with Gasteiger partial charge in [-0.2, -0.15) is 5.10 Å². The maximum absolute atomic E-state index is 13.8. The highest BCUT2D eigenvalue weighted by atomic mass is 16.6. The average Bonchev–Trinajstić information content (AvgIpc) is 3.18. The number of amides is 3. The van der Waals surface area contributed by atoms with Crippen LogP contribution in [0, 0.1) is 6.92 Å². The molecule has 2 aliphatic rings. The molecule has 0 atom stereocenters. The van der Waals surface area contributed by atoms with E-state index in [9.17, 15) is 14.4 Å². The number of fused-ring (bicyclic) bond motifs is 2. The Morgan fingerprint density at radius 2 is 1.71 bits per heavy atom. The van der Waals surface area contributed by atoms with Gasteiger partial charge in [0.15, 0.2) is 0 Å². The molecule has 2 aromatic carbocycles. The van der Waals surface area contributed by atoms with E-state index in [1.165, 1.54) is 0 Å². The van der Waals surface area contributed by atoms with Crippen LogP contribution in [0.1, 0.15) is 54.2 Å². The average molecular weight is 559 g/mol. The number of aromatic nitrogens is 2. The minimum absolute atomic E-state index is 0.0642. The summed E-state index contributed by atoms with van der Waals surface area (Å²) in [5, 5.41) is 7.78. The molecule has 0 unspecified atom stereocenters. The van der Waals surface area contributed by atoms with Crippen LogP contribution in [0.25, 0.3) is 0 Å². The van der Waals surface area contributed by atoms with E-state index in [0.717, 1.165) is 33.9 Å². The second-order valence-electron chi connectivity index (χ2n) is 11.7. The van der Waals surface area contributed by atoms with Crippen molar-refractivity contribution in [3.63, 3.8) is 0 Å². The van der Waals surface area contributed by atoms with Gasteiger partial charge in [0.25, 0.3) is 5.91 Å². The van der Waals surface area contributed by atoms with Crippen molar-refractivity contribution in [3.05, 3.63) is 70.9 Å². The number of para-hydroxylation sites is 2. The largest absolute Gasteiger partial charge is 0.444 e. The highest BCUT2D eigenvalue weighted by Gasteiger charge is 2.29. The molecule has 0 saturated carbocycles. The fourth-order valence-corrected chi connectivity index (χ4v) is 5.27. The molecule has 0 aliphatic carbocycles. The molecule has 3 amide bonds. The molecule has 1 N–H and O–H groups in total. The number of carbonyl (C=O) groups excluding carboxylic acids is 3. The zero-order valence-electron chi connectivity index (χ0n) is 24.4. The van der Waals surface area contributed by atoms with Gasteiger partial charge in [-0.1, -0.05) is 18.2 Å². The van der Waals surface area contributed by atoms with E-state index in [1.807, 2.05) is 82.1 Å². The standard InChI is InChI=1S/C31H38N6O4/c1-21-18-23(29(39)37-20-24-19-32-34(5)28(24)33-25-8-6-7-9-26(25)37)11-10-22(21)12-13-27(38)35-14-16-36(17-15-35)30(40)41-31(2,3)4/h6-11,18-19,33H,12-17,20H2,1-5H3. The van der Waals surface area contributed by atoms with Crippen molar-refractivity contribution in [3.8, 4) is 0 Å². The van der Waals surface area contributed by atoms with E-state index >= 15 is 0 Å². The summed E-state index contributed by atoms with van der Waals surface area (Å²) in [7, 11) is 1.88. The number of piperazine rings is 1. The second kappa shape index (κ2) is 11.3. The number of benzene rings is 2. The van der Waals surface area contributed by atoms with Gasteiger partial charge in [-0.3, -0.25) is 14.3 Å². The number of carbonyl (C=O) groups is 3. The predicted octanol–water partition coefficient (Wildman–Crippen LogP) is 4.64. The molecule has 1 fully saturated rings. The van der Waals surface area contributed by atoms with Gasteiger partial charge in [0.05, 0.1) is 24.1 Å². The third kappa shape index (κ3) is 6.21. The van der Waals surface area contributed by atoms with Crippen molar-refractivity contribution in [2.24, 2.45) is 7.05 Å². The molecular formula is C31H38N6O4. The fourth-order valence-electron chi connectivity index (χ4n) is 5.27. The maximum atomic E-state index is 13.8. The lowest BCUT2D eigenvalue weighted by atomic mass is 10.00. The Balaban J connectivity index is 1.21. The Labute approximate surface area is 240 Å². The van der Waals surface area contributed by atoms with Crippen LogP contribution in [0.15, 0.2) is 48.7 Å². The van der Waals surface area contributed by atoms with Crippen LogP contribution in [0.5, 0.6) is 0 Å². The van der Waals surface area contributed by atoms with Crippen molar-refractivity contribution >= 4 is 35.1 Å². The number of hydrogen-bond donors (Lipinski definition) is 1. The number of nitrogens with zero attached hydrogens (tertiary/aromatic N) is 5. The first-order valence-corrected chi connectivity index (χ1v) is 14.0. The Morgan fingerprint density at radius 3 is 2.41 bits per heavy atom. The second-order valence-corrected chi connectivity index (χ2v) is 11.7. The summed E-state index contributed by atoms with van der Waals surface area (Å²) in [6.45, 7) is 9.84. The first kappa shape index (κ1) is 28.2. The molecule has 1 aromatic heterocycles. The zero-order valence-corrected chi connectivity index (χ0v) is 24.4. The zero-order chi connectivity index (χ0) is 29.3. The minimum Gasteiger partial charge on any atom is -0.444 e. The number of ether oxygens (including phenoxy) is 1. The Kier molecular flexibility index (Phi) is 7.75. The van der Waals surface area contributed by atoms with Crippen LogP contribution >= 0.6 is 0 Å². The van der Waals surface area contributed by atoms with E-state index < -0.39 is 5.60 Å². The molecule has 0 radical (unpaired) electrons. The van der Waals surface area contributed by atoms with Gasteiger partial charge in [0.1, 0.15) is 11.4 Å². The topological polar surface area (TPSA) is 100 Å². The van der Waals surface area contributed by atoms with Gasteiger partial charge in [-0.05, 0) is 69.5 Å². The lowest BCUT2D eigenvalue weighted by Gasteiger charge is -2.35. The van der Waals surface area contributed by atoms with Crippen molar-refractivity contribution < 1.29 is 19.1 Å². The number of rotatable bonds is 4. The summed E-state index contributed by atoms with van der Waals surface area (Å²) >= 11 is 0. The lowest BCUT2D eigenvalue weighted by Crippen LogP contribution is -2.51. The minimum atomic E-state index is -0.542. The summed E-state index contributed by atoms with van der Waals surface area (Å²) < 4.78 is 7.23. The Morgan fingerprint density at radius 1 is 1.00 bits per heavy atom. The SMILES string of the molecule is Cc1cc(C(=O)N2Cc3cnn(C)c3Nc3ccccc32)ccc1CCC(=O)N1CCN(C(=O)OC(C)(C)C)CC1. The normalized spacial score (nSPS) is 15.0. The van der Waals surface area contributed by atoms with Crippen LogP contribution < -0.4 is 10.2 Å². The Bertz CT molecular complexity index is 1470.